The minimum atomic E-state index is -1.58. The second-order valence-electron chi connectivity index (χ2n) is 8.21. The number of benzene rings is 2. The van der Waals surface area contributed by atoms with Crippen LogP contribution >= 0.6 is 0 Å². The van der Waals surface area contributed by atoms with E-state index in [1.165, 1.54) is 17.2 Å². The number of methoxy groups -OCH3 is 1. The summed E-state index contributed by atoms with van der Waals surface area (Å²) in [6.07, 6.45) is 0.0156. The molecule has 1 aliphatic rings. The lowest BCUT2D eigenvalue weighted by atomic mass is 9.95. The van der Waals surface area contributed by atoms with Crippen LogP contribution in [-0.4, -0.2) is 65.9 Å². The summed E-state index contributed by atoms with van der Waals surface area (Å²) in [5.74, 6) is -3.27. The van der Waals surface area contributed by atoms with Gasteiger partial charge in [0.1, 0.15) is 36.1 Å². The van der Waals surface area contributed by atoms with Gasteiger partial charge in [0.25, 0.3) is 0 Å². The van der Waals surface area contributed by atoms with Crippen LogP contribution in [-0.2, 0) is 4.74 Å². The standard InChI is InChI=1S/C23H21F3N6O4/c1-35-14-4-2-3-13(7-14)32-23(27-11-28-32)19-8-18(22(34)20(10-33)36-19)31-9-17(29-30-31)12-5-15(24)21(26)16(25)6-12/h2-7,9,11,18-20,22,33-34H,8,10H2,1H3. The van der Waals surface area contributed by atoms with Crippen molar-refractivity contribution >= 4 is 0 Å². The fraction of sp³-hybridized carbons (Fsp3) is 0.304. The molecule has 1 saturated heterocycles. The van der Waals surface area contributed by atoms with Crippen LogP contribution in [0.5, 0.6) is 5.75 Å². The fourth-order valence-corrected chi connectivity index (χ4v) is 4.22. The lowest BCUT2D eigenvalue weighted by molar-refractivity contribution is -0.161. The van der Waals surface area contributed by atoms with Gasteiger partial charge in [0, 0.05) is 18.1 Å². The number of hydrogen-bond acceptors (Lipinski definition) is 8. The van der Waals surface area contributed by atoms with E-state index in [4.69, 9.17) is 9.47 Å². The Morgan fingerprint density at radius 2 is 1.94 bits per heavy atom. The molecule has 0 amide bonds. The molecule has 10 nitrogen and oxygen atoms in total. The summed E-state index contributed by atoms with van der Waals surface area (Å²) in [6.45, 7) is -0.489. The van der Waals surface area contributed by atoms with Crippen molar-refractivity contribution in [3.63, 3.8) is 0 Å². The Bertz CT molecular complexity index is 1360. The van der Waals surface area contributed by atoms with Crippen LogP contribution in [0.1, 0.15) is 24.4 Å². The van der Waals surface area contributed by atoms with Crippen LogP contribution in [0.2, 0.25) is 0 Å². The molecule has 5 rings (SSSR count). The molecule has 13 heteroatoms. The molecule has 0 bridgehead atoms. The van der Waals surface area contributed by atoms with E-state index in [-0.39, 0.29) is 17.7 Å². The molecule has 2 aromatic carbocycles. The second kappa shape index (κ2) is 9.68. The smallest absolute Gasteiger partial charge is 0.194 e. The number of rotatable bonds is 6. The average Bonchev–Trinajstić information content (AvgIpc) is 3.58. The summed E-state index contributed by atoms with van der Waals surface area (Å²) < 4.78 is 54.9. The number of aromatic nitrogens is 6. The quantitative estimate of drug-likeness (QED) is 0.386. The van der Waals surface area contributed by atoms with Gasteiger partial charge in [0.2, 0.25) is 0 Å². The summed E-state index contributed by atoms with van der Waals surface area (Å²) >= 11 is 0. The Hall–Kier alpha value is -3.81. The van der Waals surface area contributed by atoms with Gasteiger partial charge in [-0.25, -0.2) is 27.5 Å². The number of aliphatic hydroxyl groups excluding tert-OH is 2. The molecule has 2 aromatic heterocycles. The molecule has 0 aliphatic carbocycles. The van der Waals surface area contributed by atoms with Crippen LogP contribution in [0.25, 0.3) is 16.9 Å². The van der Waals surface area contributed by atoms with E-state index in [2.05, 4.69) is 20.4 Å². The average molecular weight is 502 g/mol. The van der Waals surface area contributed by atoms with E-state index in [1.54, 1.807) is 30.0 Å². The van der Waals surface area contributed by atoms with Crippen LogP contribution in [0.15, 0.2) is 48.9 Å². The highest BCUT2D eigenvalue weighted by molar-refractivity contribution is 5.57. The summed E-state index contributed by atoms with van der Waals surface area (Å²) in [7, 11) is 1.55. The van der Waals surface area contributed by atoms with Crippen molar-refractivity contribution < 1.29 is 32.9 Å². The Kier molecular flexibility index (Phi) is 6.43. The Morgan fingerprint density at radius 1 is 1.17 bits per heavy atom. The summed E-state index contributed by atoms with van der Waals surface area (Å²) in [4.78, 5) is 4.33. The van der Waals surface area contributed by atoms with E-state index in [9.17, 15) is 23.4 Å². The number of halogens is 3. The predicted octanol–water partition coefficient (Wildman–Crippen LogP) is 2.38. The fourth-order valence-electron chi connectivity index (χ4n) is 4.22. The van der Waals surface area contributed by atoms with E-state index >= 15 is 0 Å². The van der Waals surface area contributed by atoms with E-state index in [0.717, 1.165) is 12.1 Å². The molecular weight excluding hydrogens is 481 g/mol. The van der Waals surface area contributed by atoms with Crippen molar-refractivity contribution in [3.05, 3.63) is 72.2 Å². The van der Waals surface area contributed by atoms with E-state index in [1.807, 2.05) is 6.07 Å². The first-order valence-corrected chi connectivity index (χ1v) is 10.9. The van der Waals surface area contributed by atoms with Gasteiger partial charge in [-0.2, -0.15) is 5.10 Å². The maximum atomic E-state index is 13.7. The highest BCUT2D eigenvalue weighted by atomic mass is 19.2. The maximum absolute atomic E-state index is 13.7. The topological polar surface area (TPSA) is 120 Å². The van der Waals surface area contributed by atoms with Gasteiger partial charge in [0.15, 0.2) is 23.3 Å². The zero-order valence-corrected chi connectivity index (χ0v) is 18.9. The third-order valence-electron chi connectivity index (χ3n) is 6.04. The Labute approximate surface area is 202 Å². The van der Waals surface area contributed by atoms with Crippen LogP contribution in [0.3, 0.4) is 0 Å². The number of aliphatic hydroxyl groups is 2. The minimum Gasteiger partial charge on any atom is -0.497 e. The van der Waals surface area contributed by atoms with Crippen LogP contribution in [0, 0.1) is 17.5 Å². The van der Waals surface area contributed by atoms with Gasteiger partial charge < -0.3 is 19.7 Å². The second-order valence-corrected chi connectivity index (χ2v) is 8.21. The molecule has 4 aromatic rings. The van der Waals surface area contributed by atoms with Gasteiger partial charge in [-0.15, -0.1) is 5.10 Å². The summed E-state index contributed by atoms with van der Waals surface area (Å²) in [5.41, 5.74) is 0.715. The monoisotopic (exact) mass is 502 g/mol. The zero-order valence-electron chi connectivity index (χ0n) is 18.9. The molecular formula is C23H21F3N6O4. The van der Waals surface area contributed by atoms with Gasteiger partial charge in [0.05, 0.1) is 31.6 Å². The van der Waals surface area contributed by atoms with Gasteiger partial charge >= 0.3 is 0 Å². The van der Waals surface area contributed by atoms with E-state index in [0.29, 0.717) is 17.3 Å². The highest BCUT2D eigenvalue weighted by Gasteiger charge is 2.41. The Balaban J connectivity index is 1.47. The maximum Gasteiger partial charge on any atom is 0.194 e. The number of ether oxygens (including phenoxy) is 2. The first-order valence-electron chi connectivity index (χ1n) is 10.9. The molecule has 4 unspecified atom stereocenters. The Morgan fingerprint density at radius 3 is 2.67 bits per heavy atom. The molecule has 36 heavy (non-hydrogen) atoms. The van der Waals surface area contributed by atoms with Crippen LogP contribution in [0.4, 0.5) is 13.2 Å². The highest BCUT2D eigenvalue weighted by Crippen LogP contribution is 2.38. The number of hydrogen-bond donors (Lipinski definition) is 2. The first-order chi connectivity index (χ1) is 17.4. The summed E-state index contributed by atoms with van der Waals surface area (Å²) in [5, 5.41) is 32.9. The van der Waals surface area contributed by atoms with Crippen molar-refractivity contribution in [2.24, 2.45) is 0 Å². The van der Waals surface area contributed by atoms with Crippen LogP contribution < -0.4 is 4.74 Å². The third-order valence-corrected chi connectivity index (χ3v) is 6.04. The van der Waals surface area contributed by atoms with Crippen molar-refractivity contribution in [2.75, 3.05) is 13.7 Å². The summed E-state index contributed by atoms with van der Waals surface area (Å²) in [6, 6.07) is 8.03. The lowest BCUT2D eigenvalue weighted by Gasteiger charge is -2.38. The molecule has 0 radical (unpaired) electrons. The third kappa shape index (κ3) is 4.32. The molecule has 4 atom stereocenters. The van der Waals surface area contributed by atoms with Gasteiger partial charge in [-0.1, -0.05) is 11.3 Å². The lowest BCUT2D eigenvalue weighted by Crippen LogP contribution is -2.45. The molecule has 0 spiro atoms. The van der Waals surface area contributed by atoms with Crippen molar-refractivity contribution in [3.8, 4) is 22.7 Å². The molecule has 188 valence electrons. The predicted molar refractivity (Wildman–Crippen MR) is 118 cm³/mol. The largest absolute Gasteiger partial charge is 0.497 e. The minimum absolute atomic E-state index is 0.0211. The number of nitrogens with zero attached hydrogens (tertiary/aromatic N) is 6. The molecule has 0 saturated carbocycles. The molecule has 2 N–H and O–H groups in total. The molecule has 3 heterocycles. The van der Waals surface area contributed by atoms with Crippen molar-refractivity contribution in [1.29, 1.82) is 0 Å². The zero-order chi connectivity index (χ0) is 25.4. The normalized spacial score (nSPS) is 22.1. The molecule has 1 aliphatic heterocycles. The first kappa shape index (κ1) is 23.9. The van der Waals surface area contributed by atoms with Crippen molar-refractivity contribution in [1.82, 2.24) is 29.8 Å². The van der Waals surface area contributed by atoms with Gasteiger partial charge in [-0.05, 0) is 24.3 Å². The SMILES string of the molecule is COc1cccc(-n2ncnc2C2CC(n3cc(-c4cc(F)c(F)c(F)c4)nn3)C(O)C(CO)O2)c1. The van der Waals surface area contributed by atoms with E-state index < -0.39 is 48.4 Å². The van der Waals surface area contributed by atoms with Crippen molar-refractivity contribution in [2.45, 2.75) is 30.8 Å². The molecule has 1 fully saturated rings. The van der Waals surface area contributed by atoms with Gasteiger partial charge in [-0.3, -0.25) is 0 Å².